The summed E-state index contributed by atoms with van der Waals surface area (Å²) < 4.78 is 0. The predicted octanol–water partition coefficient (Wildman–Crippen LogP) is 0.215. The van der Waals surface area contributed by atoms with Crippen LogP contribution in [0.3, 0.4) is 0 Å². The van der Waals surface area contributed by atoms with Crippen molar-refractivity contribution in [2.75, 3.05) is 44.2 Å². The second-order valence-corrected chi connectivity index (χ2v) is 5.08. The third-order valence-electron chi connectivity index (χ3n) is 3.55. The van der Waals surface area contributed by atoms with Gasteiger partial charge in [0.1, 0.15) is 11.9 Å². The minimum Gasteiger partial charge on any atom is -0.354 e. The molecule has 114 valence electrons. The lowest BCUT2D eigenvalue weighted by Crippen LogP contribution is -2.39. The molecule has 0 radical (unpaired) electrons. The minimum atomic E-state index is -0.0537. The molecule has 2 rings (SSSR count). The number of carbonyl (C=O) groups excluding carboxylic acids is 1. The SMILES string of the molecule is C#CCNC(=O)CN1CCCN(c2ncccc2C#N)CC1. The van der Waals surface area contributed by atoms with Crippen LogP contribution in [0.15, 0.2) is 18.3 Å². The molecule has 6 nitrogen and oxygen atoms in total. The summed E-state index contributed by atoms with van der Waals surface area (Å²) in [5.74, 6) is 3.06. The summed E-state index contributed by atoms with van der Waals surface area (Å²) in [4.78, 5) is 20.2. The lowest BCUT2D eigenvalue weighted by atomic mass is 10.2. The summed E-state index contributed by atoms with van der Waals surface area (Å²) in [5, 5.41) is 11.9. The fourth-order valence-corrected chi connectivity index (χ4v) is 2.49. The first-order valence-corrected chi connectivity index (χ1v) is 7.27. The quantitative estimate of drug-likeness (QED) is 0.805. The molecule has 1 aliphatic rings. The van der Waals surface area contributed by atoms with Crippen molar-refractivity contribution in [3.05, 3.63) is 23.9 Å². The molecule has 0 aliphatic carbocycles. The fraction of sp³-hybridized carbons (Fsp3) is 0.438. The van der Waals surface area contributed by atoms with Crippen molar-refractivity contribution in [2.45, 2.75) is 6.42 Å². The first-order valence-electron chi connectivity index (χ1n) is 7.27. The van der Waals surface area contributed by atoms with E-state index in [2.05, 4.69) is 32.1 Å². The Balaban J connectivity index is 1.94. The lowest BCUT2D eigenvalue weighted by molar-refractivity contribution is -0.121. The first kappa shape index (κ1) is 15.8. The van der Waals surface area contributed by atoms with Crippen LogP contribution in [0.4, 0.5) is 5.82 Å². The van der Waals surface area contributed by atoms with Crippen LogP contribution in [0.5, 0.6) is 0 Å². The van der Waals surface area contributed by atoms with Gasteiger partial charge >= 0.3 is 0 Å². The Labute approximate surface area is 130 Å². The van der Waals surface area contributed by atoms with E-state index in [1.807, 2.05) is 0 Å². The van der Waals surface area contributed by atoms with E-state index >= 15 is 0 Å². The molecule has 0 bridgehead atoms. The molecule has 1 amide bonds. The van der Waals surface area contributed by atoms with E-state index in [4.69, 9.17) is 6.42 Å². The van der Waals surface area contributed by atoms with Gasteiger partial charge in [0.2, 0.25) is 5.91 Å². The van der Waals surface area contributed by atoms with E-state index in [0.717, 1.165) is 38.4 Å². The van der Waals surface area contributed by atoms with Gasteiger partial charge in [0.05, 0.1) is 18.7 Å². The fourth-order valence-electron chi connectivity index (χ4n) is 2.49. The number of hydrogen-bond donors (Lipinski definition) is 1. The molecule has 2 heterocycles. The van der Waals surface area contributed by atoms with Crippen molar-refractivity contribution in [1.29, 1.82) is 5.26 Å². The average molecular weight is 297 g/mol. The number of pyridine rings is 1. The van der Waals surface area contributed by atoms with Gasteiger partial charge in [-0.05, 0) is 18.6 Å². The Morgan fingerprint density at radius 2 is 2.27 bits per heavy atom. The highest BCUT2D eigenvalue weighted by Gasteiger charge is 2.19. The molecule has 0 spiro atoms. The molecule has 1 aliphatic heterocycles. The molecular formula is C16H19N5O. The largest absolute Gasteiger partial charge is 0.354 e. The Morgan fingerprint density at radius 3 is 3.05 bits per heavy atom. The molecule has 1 fully saturated rings. The van der Waals surface area contributed by atoms with E-state index in [0.29, 0.717) is 12.1 Å². The molecule has 6 heteroatoms. The van der Waals surface area contributed by atoms with Crippen molar-refractivity contribution in [1.82, 2.24) is 15.2 Å². The predicted molar refractivity (Wildman–Crippen MR) is 84.1 cm³/mol. The highest BCUT2D eigenvalue weighted by Crippen LogP contribution is 2.18. The maximum Gasteiger partial charge on any atom is 0.234 e. The van der Waals surface area contributed by atoms with Gasteiger partial charge in [0.15, 0.2) is 0 Å². The van der Waals surface area contributed by atoms with Crippen LogP contribution in [-0.4, -0.2) is 55.1 Å². The Bertz CT molecular complexity index is 601. The normalized spacial score (nSPS) is 15.5. The van der Waals surface area contributed by atoms with Gasteiger partial charge in [-0.2, -0.15) is 5.26 Å². The van der Waals surface area contributed by atoms with Crippen LogP contribution in [0, 0.1) is 23.7 Å². The molecule has 0 saturated carbocycles. The lowest BCUT2D eigenvalue weighted by Gasteiger charge is -2.23. The van der Waals surface area contributed by atoms with Crippen molar-refractivity contribution >= 4 is 11.7 Å². The van der Waals surface area contributed by atoms with Crippen LogP contribution < -0.4 is 10.2 Å². The smallest absolute Gasteiger partial charge is 0.234 e. The zero-order valence-corrected chi connectivity index (χ0v) is 12.5. The van der Waals surface area contributed by atoms with Gasteiger partial charge in [-0.3, -0.25) is 9.69 Å². The zero-order valence-electron chi connectivity index (χ0n) is 12.5. The summed E-state index contributed by atoms with van der Waals surface area (Å²) in [6.45, 7) is 3.78. The van der Waals surface area contributed by atoms with Crippen molar-refractivity contribution in [2.24, 2.45) is 0 Å². The number of nitriles is 1. The van der Waals surface area contributed by atoms with Crippen molar-refractivity contribution in [3.63, 3.8) is 0 Å². The highest BCUT2D eigenvalue weighted by molar-refractivity contribution is 5.78. The number of aromatic nitrogens is 1. The van der Waals surface area contributed by atoms with Crippen LogP contribution in [-0.2, 0) is 4.79 Å². The van der Waals surface area contributed by atoms with E-state index < -0.39 is 0 Å². The van der Waals surface area contributed by atoms with E-state index in [9.17, 15) is 10.1 Å². The number of hydrogen-bond acceptors (Lipinski definition) is 5. The maximum atomic E-state index is 11.7. The van der Waals surface area contributed by atoms with Crippen LogP contribution in [0.25, 0.3) is 0 Å². The average Bonchev–Trinajstić information content (AvgIpc) is 2.78. The minimum absolute atomic E-state index is 0.0537. The number of nitrogens with zero attached hydrogens (tertiary/aromatic N) is 4. The Hall–Kier alpha value is -2.57. The number of carbonyl (C=O) groups is 1. The van der Waals surface area contributed by atoms with E-state index in [-0.39, 0.29) is 12.5 Å². The van der Waals surface area contributed by atoms with Crippen molar-refractivity contribution < 1.29 is 4.79 Å². The third-order valence-corrected chi connectivity index (χ3v) is 3.55. The summed E-state index contributed by atoms with van der Waals surface area (Å²) in [6, 6.07) is 5.72. The van der Waals surface area contributed by atoms with Gasteiger partial charge in [-0.25, -0.2) is 4.98 Å². The topological polar surface area (TPSA) is 72.3 Å². The van der Waals surface area contributed by atoms with Crippen LogP contribution in [0.1, 0.15) is 12.0 Å². The number of amides is 1. The number of anilines is 1. The van der Waals surface area contributed by atoms with Crippen LogP contribution >= 0.6 is 0 Å². The third kappa shape index (κ3) is 4.21. The molecule has 1 saturated heterocycles. The molecule has 0 aromatic carbocycles. The highest BCUT2D eigenvalue weighted by atomic mass is 16.2. The summed E-state index contributed by atoms with van der Waals surface area (Å²) in [6.07, 6.45) is 7.75. The summed E-state index contributed by atoms with van der Waals surface area (Å²) in [5.41, 5.74) is 0.586. The summed E-state index contributed by atoms with van der Waals surface area (Å²) >= 11 is 0. The molecular weight excluding hydrogens is 278 g/mol. The monoisotopic (exact) mass is 297 g/mol. The standard InChI is InChI=1S/C16H19N5O/c1-2-6-18-15(22)13-20-8-4-9-21(11-10-20)16-14(12-17)5-3-7-19-16/h1,3,5,7H,4,6,8-11,13H2,(H,18,22). The van der Waals surface area contributed by atoms with Gasteiger partial charge in [0, 0.05) is 32.4 Å². The molecule has 0 atom stereocenters. The summed E-state index contributed by atoms with van der Waals surface area (Å²) in [7, 11) is 0. The van der Waals surface area contributed by atoms with Gasteiger partial charge in [-0.1, -0.05) is 5.92 Å². The maximum absolute atomic E-state index is 11.7. The molecule has 0 unspecified atom stereocenters. The zero-order chi connectivity index (χ0) is 15.8. The molecule has 1 N–H and O–H groups in total. The molecule has 22 heavy (non-hydrogen) atoms. The van der Waals surface area contributed by atoms with Gasteiger partial charge < -0.3 is 10.2 Å². The first-order chi connectivity index (χ1) is 10.7. The van der Waals surface area contributed by atoms with Crippen LogP contribution in [0.2, 0.25) is 0 Å². The molecule has 1 aromatic rings. The van der Waals surface area contributed by atoms with Gasteiger partial charge in [0.25, 0.3) is 0 Å². The number of terminal acetylenes is 1. The Morgan fingerprint density at radius 1 is 1.41 bits per heavy atom. The number of nitrogens with one attached hydrogen (secondary N) is 1. The Kier molecular flexibility index (Phi) is 5.76. The number of rotatable bonds is 4. The van der Waals surface area contributed by atoms with Gasteiger partial charge in [-0.15, -0.1) is 6.42 Å². The molecule has 1 aromatic heterocycles. The second kappa shape index (κ2) is 8.02. The van der Waals surface area contributed by atoms with E-state index in [1.54, 1.807) is 18.3 Å². The van der Waals surface area contributed by atoms with E-state index in [1.165, 1.54) is 0 Å². The second-order valence-electron chi connectivity index (χ2n) is 5.08. The van der Waals surface area contributed by atoms with Crippen molar-refractivity contribution in [3.8, 4) is 18.4 Å².